The average Bonchev–Trinajstić information content (AvgIpc) is 2.41. The highest BCUT2D eigenvalue weighted by atomic mass is 79.9. The summed E-state index contributed by atoms with van der Waals surface area (Å²) in [6, 6.07) is 13.5. The van der Waals surface area contributed by atoms with Gasteiger partial charge in [-0.15, -0.1) is 0 Å². The van der Waals surface area contributed by atoms with E-state index in [-0.39, 0.29) is 0 Å². The van der Waals surface area contributed by atoms with Gasteiger partial charge < -0.3 is 5.32 Å². The fraction of sp³-hybridized carbons (Fsp3) is 0.294. The van der Waals surface area contributed by atoms with Gasteiger partial charge in [0.1, 0.15) is 0 Å². The van der Waals surface area contributed by atoms with E-state index in [2.05, 4.69) is 78.4 Å². The second-order valence-electron chi connectivity index (χ2n) is 5.06. The second-order valence-corrected chi connectivity index (χ2v) is 7.06. The SMILES string of the molecule is CNC(C)c1ccc(Br)cc1Sc1ccc(C)cc1C. The normalized spacial score (nSPS) is 12.4. The monoisotopic (exact) mass is 349 g/mol. The first-order valence-electron chi connectivity index (χ1n) is 6.73. The van der Waals surface area contributed by atoms with Gasteiger partial charge in [-0.25, -0.2) is 0 Å². The minimum Gasteiger partial charge on any atom is -0.313 e. The van der Waals surface area contributed by atoms with E-state index in [9.17, 15) is 0 Å². The molecule has 106 valence electrons. The number of hydrogen-bond donors (Lipinski definition) is 1. The highest BCUT2D eigenvalue weighted by molar-refractivity contribution is 9.10. The van der Waals surface area contributed by atoms with Crippen LogP contribution in [0.2, 0.25) is 0 Å². The van der Waals surface area contributed by atoms with Gasteiger partial charge in [0.05, 0.1) is 0 Å². The Labute approximate surface area is 134 Å². The van der Waals surface area contributed by atoms with E-state index in [1.165, 1.54) is 26.5 Å². The fourth-order valence-corrected chi connectivity index (χ4v) is 3.80. The van der Waals surface area contributed by atoms with E-state index in [0.29, 0.717) is 6.04 Å². The highest BCUT2D eigenvalue weighted by Gasteiger charge is 2.11. The molecule has 0 aliphatic heterocycles. The predicted molar refractivity (Wildman–Crippen MR) is 91.7 cm³/mol. The van der Waals surface area contributed by atoms with Crippen molar-refractivity contribution >= 4 is 27.7 Å². The molecule has 1 N–H and O–H groups in total. The fourth-order valence-electron chi connectivity index (χ4n) is 2.14. The summed E-state index contributed by atoms with van der Waals surface area (Å²) in [5.74, 6) is 0. The second kappa shape index (κ2) is 6.79. The van der Waals surface area contributed by atoms with Gasteiger partial charge in [0, 0.05) is 20.3 Å². The molecule has 2 aromatic rings. The molecule has 0 aliphatic carbocycles. The molecule has 1 nitrogen and oxygen atoms in total. The largest absolute Gasteiger partial charge is 0.313 e. The van der Waals surface area contributed by atoms with Crippen molar-refractivity contribution in [3.63, 3.8) is 0 Å². The molecule has 1 atom stereocenters. The van der Waals surface area contributed by atoms with E-state index in [1.807, 2.05) is 18.8 Å². The summed E-state index contributed by atoms with van der Waals surface area (Å²) in [7, 11) is 2.00. The molecule has 3 heteroatoms. The minimum absolute atomic E-state index is 0.344. The van der Waals surface area contributed by atoms with Crippen molar-refractivity contribution in [3.8, 4) is 0 Å². The summed E-state index contributed by atoms with van der Waals surface area (Å²) in [4.78, 5) is 2.62. The Morgan fingerprint density at radius 2 is 1.80 bits per heavy atom. The van der Waals surface area contributed by atoms with Crippen molar-refractivity contribution in [3.05, 3.63) is 57.6 Å². The van der Waals surface area contributed by atoms with Crippen LogP contribution < -0.4 is 5.32 Å². The Morgan fingerprint density at radius 3 is 2.45 bits per heavy atom. The van der Waals surface area contributed by atoms with Crippen LogP contribution >= 0.6 is 27.7 Å². The lowest BCUT2D eigenvalue weighted by molar-refractivity contribution is 0.641. The van der Waals surface area contributed by atoms with Crippen LogP contribution in [-0.4, -0.2) is 7.05 Å². The lowest BCUT2D eigenvalue weighted by Crippen LogP contribution is -2.13. The molecule has 0 heterocycles. The average molecular weight is 350 g/mol. The summed E-state index contributed by atoms with van der Waals surface area (Å²) in [6.45, 7) is 6.50. The van der Waals surface area contributed by atoms with Gasteiger partial charge >= 0.3 is 0 Å². The zero-order valence-electron chi connectivity index (χ0n) is 12.3. The Morgan fingerprint density at radius 1 is 1.05 bits per heavy atom. The van der Waals surface area contributed by atoms with Crippen molar-refractivity contribution in [1.82, 2.24) is 5.32 Å². The van der Waals surface area contributed by atoms with Gasteiger partial charge in [0.25, 0.3) is 0 Å². The highest BCUT2D eigenvalue weighted by Crippen LogP contribution is 2.36. The smallest absolute Gasteiger partial charge is 0.0300 e. The molecule has 0 spiro atoms. The van der Waals surface area contributed by atoms with Crippen molar-refractivity contribution in [1.29, 1.82) is 0 Å². The molecule has 2 aromatic carbocycles. The van der Waals surface area contributed by atoms with Crippen molar-refractivity contribution < 1.29 is 0 Å². The van der Waals surface area contributed by atoms with Gasteiger partial charge in [0.15, 0.2) is 0 Å². The number of halogens is 1. The van der Waals surface area contributed by atoms with E-state index < -0.39 is 0 Å². The Hall–Kier alpha value is -0.770. The standard InChI is InChI=1S/C17H20BrNS/c1-11-5-8-16(12(2)9-11)20-17-10-14(18)6-7-15(17)13(3)19-4/h5-10,13,19H,1-4H3. The van der Waals surface area contributed by atoms with E-state index in [1.54, 1.807) is 0 Å². The summed E-state index contributed by atoms with van der Waals surface area (Å²) in [5, 5.41) is 3.32. The summed E-state index contributed by atoms with van der Waals surface area (Å²) < 4.78 is 1.12. The van der Waals surface area contributed by atoms with E-state index in [0.717, 1.165) is 4.47 Å². The van der Waals surface area contributed by atoms with Gasteiger partial charge in [-0.2, -0.15) is 0 Å². The lowest BCUT2D eigenvalue weighted by atomic mass is 10.1. The van der Waals surface area contributed by atoms with Crippen molar-refractivity contribution in [2.45, 2.75) is 36.6 Å². The number of hydrogen-bond acceptors (Lipinski definition) is 2. The molecule has 0 fully saturated rings. The summed E-state index contributed by atoms with van der Waals surface area (Å²) in [6.07, 6.45) is 0. The number of rotatable bonds is 4. The van der Waals surface area contributed by atoms with Gasteiger partial charge in [-0.3, -0.25) is 0 Å². The topological polar surface area (TPSA) is 12.0 Å². The first-order chi connectivity index (χ1) is 9.51. The Balaban J connectivity index is 2.39. The maximum atomic E-state index is 3.58. The molecule has 1 unspecified atom stereocenters. The van der Waals surface area contributed by atoms with Crippen LogP contribution in [0.4, 0.5) is 0 Å². The first-order valence-corrected chi connectivity index (χ1v) is 8.34. The quantitative estimate of drug-likeness (QED) is 0.782. The maximum Gasteiger partial charge on any atom is 0.0300 e. The van der Waals surface area contributed by atoms with Gasteiger partial charge in [0.2, 0.25) is 0 Å². The Bertz CT molecular complexity index is 610. The third-order valence-corrected chi connectivity index (χ3v) is 5.17. The van der Waals surface area contributed by atoms with Crippen LogP contribution in [0.1, 0.15) is 29.7 Å². The number of benzene rings is 2. The molecular formula is C17H20BrNS. The van der Waals surface area contributed by atoms with Crippen LogP contribution in [0.15, 0.2) is 50.7 Å². The number of aryl methyl sites for hydroxylation is 2. The lowest BCUT2D eigenvalue weighted by Gasteiger charge is -2.17. The molecule has 0 amide bonds. The Kier molecular flexibility index (Phi) is 5.30. The molecule has 0 saturated carbocycles. The van der Waals surface area contributed by atoms with Gasteiger partial charge in [-0.1, -0.05) is 51.5 Å². The maximum absolute atomic E-state index is 3.58. The zero-order chi connectivity index (χ0) is 14.7. The summed E-state index contributed by atoms with van der Waals surface area (Å²) in [5.41, 5.74) is 3.98. The first kappa shape index (κ1) is 15.6. The molecule has 0 radical (unpaired) electrons. The third-order valence-electron chi connectivity index (χ3n) is 3.43. The third kappa shape index (κ3) is 3.66. The van der Waals surface area contributed by atoms with Gasteiger partial charge in [-0.05, 0) is 57.1 Å². The number of nitrogens with one attached hydrogen (secondary N) is 1. The van der Waals surface area contributed by atoms with Crippen molar-refractivity contribution in [2.24, 2.45) is 0 Å². The predicted octanol–water partition coefficient (Wildman–Crippen LogP) is 5.50. The molecular weight excluding hydrogens is 330 g/mol. The molecule has 0 aliphatic rings. The molecule has 0 bridgehead atoms. The zero-order valence-corrected chi connectivity index (χ0v) is 14.7. The summed E-state index contributed by atoms with van der Waals surface area (Å²) >= 11 is 5.41. The van der Waals surface area contributed by atoms with Crippen LogP contribution in [0, 0.1) is 13.8 Å². The van der Waals surface area contributed by atoms with Crippen LogP contribution in [0.3, 0.4) is 0 Å². The molecule has 20 heavy (non-hydrogen) atoms. The van der Waals surface area contributed by atoms with Crippen LogP contribution in [0.25, 0.3) is 0 Å². The molecule has 2 rings (SSSR count). The van der Waals surface area contributed by atoms with E-state index >= 15 is 0 Å². The molecule has 0 saturated heterocycles. The molecule has 0 aromatic heterocycles. The van der Waals surface area contributed by atoms with Crippen LogP contribution in [0.5, 0.6) is 0 Å². The minimum atomic E-state index is 0.344. The van der Waals surface area contributed by atoms with E-state index in [4.69, 9.17) is 0 Å². The van der Waals surface area contributed by atoms with Crippen LogP contribution in [-0.2, 0) is 0 Å². The van der Waals surface area contributed by atoms with Crippen molar-refractivity contribution in [2.75, 3.05) is 7.05 Å².